The first-order valence-corrected chi connectivity index (χ1v) is 6.52. The van der Waals surface area contributed by atoms with E-state index in [4.69, 9.17) is 5.73 Å². The first kappa shape index (κ1) is 13.1. The van der Waals surface area contributed by atoms with Gasteiger partial charge in [0, 0.05) is 23.5 Å². The number of hydrogen-bond acceptors (Lipinski definition) is 4. The maximum Gasteiger partial charge on any atom is 0.274 e. The van der Waals surface area contributed by atoms with Gasteiger partial charge in [0.15, 0.2) is 0 Å². The van der Waals surface area contributed by atoms with E-state index < -0.39 is 0 Å². The fourth-order valence-corrected chi connectivity index (χ4v) is 2.14. The largest absolute Gasteiger partial charge is 0.383 e. The molecule has 104 valence electrons. The Balaban J connectivity index is 1.97. The van der Waals surface area contributed by atoms with E-state index in [0.717, 1.165) is 16.3 Å². The number of carbonyl (C=O) groups excluding carboxylic acids is 1. The fraction of sp³-hybridized carbons (Fsp3) is 0.0625. The third kappa shape index (κ3) is 2.53. The van der Waals surface area contributed by atoms with Crippen LogP contribution in [0.1, 0.15) is 16.1 Å². The Labute approximate surface area is 121 Å². The summed E-state index contributed by atoms with van der Waals surface area (Å²) in [7, 11) is 0. The van der Waals surface area contributed by atoms with Gasteiger partial charge in [-0.05, 0) is 30.0 Å². The number of nitrogens with two attached hydrogens (primary N) is 1. The molecule has 2 heterocycles. The minimum Gasteiger partial charge on any atom is -0.383 e. The highest BCUT2D eigenvalue weighted by atomic mass is 16.1. The number of pyridine rings is 2. The molecule has 3 rings (SSSR count). The summed E-state index contributed by atoms with van der Waals surface area (Å²) >= 11 is 0. The van der Waals surface area contributed by atoms with Gasteiger partial charge in [-0.25, -0.2) is 4.98 Å². The van der Waals surface area contributed by atoms with Gasteiger partial charge in [0.2, 0.25) is 0 Å². The molecular weight excluding hydrogens is 264 g/mol. The predicted octanol–water partition coefficient (Wildman–Crippen LogP) is 2.77. The Bertz CT molecular complexity index is 829. The summed E-state index contributed by atoms with van der Waals surface area (Å²) in [6.07, 6.45) is 3.32. The number of benzene rings is 1. The minimum absolute atomic E-state index is 0.290. The minimum atomic E-state index is -0.290. The van der Waals surface area contributed by atoms with Crippen molar-refractivity contribution in [1.82, 2.24) is 9.97 Å². The maximum absolute atomic E-state index is 12.3. The summed E-state index contributed by atoms with van der Waals surface area (Å²) in [5, 5.41) is 4.55. The lowest BCUT2D eigenvalue weighted by Gasteiger charge is -2.09. The molecule has 2 aromatic heterocycles. The van der Waals surface area contributed by atoms with Crippen LogP contribution in [0.5, 0.6) is 0 Å². The lowest BCUT2D eigenvalue weighted by Crippen LogP contribution is -2.15. The molecule has 0 atom stereocenters. The molecule has 0 unspecified atom stereocenters. The third-order valence-corrected chi connectivity index (χ3v) is 3.27. The van der Waals surface area contributed by atoms with E-state index in [0.29, 0.717) is 17.2 Å². The van der Waals surface area contributed by atoms with Gasteiger partial charge in [-0.1, -0.05) is 24.3 Å². The van der Waals surface area contributed by atoms with Crippen molar-refractivity contribution in [2.45, 2.75) is 6.92 Å². The van der Waals surface area contributed by atoms with Crippen LogP contribution >= 0.6 is 0 Å². The van der Waals surface area contributed by atoms with Gasteiger partial charge in [-0.3, -0.25) is 9.78 Å². The summed E-state index contributed by atoms with van der Waals surface area (Å²) in [5.41, 5.74) is 7.81. The van der Waals surface area contributed by atoms with Gasteiger partial charge in [-0.2, -0.15) is 0 Å². The van der Waals surface area contributed by atoms with E-state index in [1.807, 2.05) is 31.2 Å². The molecule has 1 aromatic carbocycles. The number of nitrogen functional groups attached to an aromatic ring is 1. The molecule has 3 aromatic rings. The molecule has 0 bridgehead atoms. The van der Waals surface area contributed by atoms with Crippen molar-refractivity contribution in [2.24, 2.45) is 0 Å². The molecule has 0 radical (unpaired) electrons. The molecule has 0 aliphatic carbocycles. The Hall–Kier alpha value is -2.95. The number of amides is 1. The monoisotopic (exact) mass is 278 g/mol. The standard InChI is InChI=1S/C16H14N4O/c1-10-9-18-7-6-13(10)20-16(21)14-8-11-4-2-3-5-12(11)15(17)19-14/h2-9H,1H3,(H2,17,19)(H,18,20,21). The number of aryl methyl sites for hydroxylation is 1. The molecule has 1 amide bonds. The van der Waals surface area contributed by atoms with Crippen molar-refractivity contribution in [2.75, 3.05) is 11.1 Å². The van der Waals surface area contributed by atoms with Crippen molar-refractivity contribution >= 4 is 28.2 Å². The Morgan fingerprint density at radius 3 is 2.86 bits per heavy atom. The summed E-state index contributed by atoms with van der Waals surface area (Å²) in [6, 6.07) is 11.1. The quantitative estimate of drug-likeness (QED) is 0.755. The molecule has 0 spiro atoms. The Morgan fingerprint density at radius 2 is 2.05 bits per heavy atom. The summed E-state index contributed by atoms with van der Waals surface area (Å²) in [5.74, 6) is 0.0615. The number of nitrogens with one attached hydrogen (secondary N) is 1. The smallest absolute Gasteiger partial charge is 0.274 e. The van der Waals surface area contributed by atoms with Crippen LogP contribution in [0.4, 0.5) is 11.5 Å². The molecule has 5 nitrogen and oxygen atoms in total. The number of fused-ring (bicyclic) bond motifs is 1. The zero-order valence-electron chi connectivity index (χ0n) is 11.5. The number of rotatable bonds is 2. The fourth-order valence-electron chi connectivity index (χ4n) is 2.14. The average Bonchev–Trinajstić information content (AvgIpc) is 2.49. The number of nitrogens with zero attached hydrogens (tertiary/aromatic N) is 2. The van der Waals surface area contributed by atoms with Crippen LogP contribution in [-0.2, 0) is 0 Å². The van der Waals surface area contributed by atoms with E-state index >= 15 is 0 Å². The average molecular weight is 278 g/mol. The lowest BCUT2D eigenvalue weighted by molar-refractivity contribution is 0.102. The van der Waals surface area contributed by atoms with Crippen molar-refractivity contribution in [1.29, 1.82) is 0 Å². The molecule has 0 saturated carbocycles. The highest BCUT2D eigenvalue weighted by molar-refractivity contribution is 6.06. The van der Waals surface area contributed by atoms with Crippen molar-refractivity contribution < 1.29 is 4.79 Å². The number of anilines is 2. The van der Waals surface area contributed by atoms with Crippen LogP contribution in [0.3, 0.4) is 0 Å². The van der Waals surface area contributed by atoms with Crippen LogP contribution in [0.15, 0.2) is 48.8 Å². The SMILES string of the molecule is Cc1cnccc1NC(=O)c1cc2ccccc2c(N)n1. The first-order valence-electron chi connectivity index (χ1n) is 6.52. The van der Waals surface area contributed by atoms with Crippen LogP contribution in [0.25, 0.3) is 10.8 Å². The predicted molar refractivity (Wildman–Crippen MR) is 83.1 cm³/mol. The summed E-state index contributed by atoms with van der Waals surface area (Å²) < 4.78 is 0. The number of hydrogen-bond donors (Lipinski definition) is 2. The van der Waals surface area contributed by atoms with Crippen LogP contribution < -0.4 is 11.1 Å². The molecular formula is C16H14N4O. The molecule has 3 N–H and O–H groups in total. The highest BCUT2D eigenvalue weighted by Gasteiger charge is 2.11. The molecule has 5 heteroatoms. The van der Waals surface area contributed by atoms with Gasteiger partial charge in [0.25, 0.3) is 5.91 Å². The van der Waals surface area contributed by atoms with Crippen molar-refractivity contribution in [3.8, 4) is 0 Å². The first-order chi connectivity index (χ1) is 10.1. The van der Waals surface area contributed by atoms with E-state index in [2.05, 4.69) is 15.3 Å². The van der Waals surface area contributed by atoms with Crippen LogP contribution in [0.2, 0.25) is 0 Å². The van der Waals surface area contributed by atoms with Gasteiger partial charge in [0.05, 0.1) is 0 Å². The Morgan fingerprint density at radius 1 is 1.24 bits per heavy atom. The molecule has 0 aliphatic heterocycles. The number of carbonyl (C=O) groups is 1. The molecule has 0 aliphatic rings. The number of aromatic nitrogens is 2. The second-order valence-electron chi connectivity index (χ2n) is 4.76. The topological polar surface area (TPSA) is 80.9 Å². The second-order valence-corrected chi connectivity index (χ2v) is 4.76. The second kappa shape index (κ2) is 5.20. The van der Waals surface area contributed by atoms with E-state index in [1.165, 1.54) is 0 Å². The van der Waals surface area contributed by atoms with Crippen molar-refractivity contribution in [3.63, 3.8) is 0 Å². The molecule has 0 fully saturated rings. The molecule has 0 saturated heterocycles. The summed E-state index contributed by atoms with van der Waals surface area (Å²) in [4.78, 5) is 20.5. The highest BCUT2D eigenvalue weighted by Crippen LogP contribution is 2.21. The van der Waals surface area contributed by atoms with Crippen LogP contribution in [-0.4, -0.2) is 15.9 Å². The van der Waals surface area contributed by atoms with E-state index in [1.54, 1.807) is 24.5 Å². The normalized spacial score (nSPS) is 10.5. The van der Waals surface area contributed by atoms with Crippen molar-refractivity contribution in [3.05, 3.63) is 60.0 Å². The zero-order chi connectivity index (χ0) is 14.8. The Kier molecular flexibility index (Phi) is 3.23. The third-order valence-electron chi connectivity index (χ3n) is 3.27. The summed E-state index contributed by atoms with van der Waals surface area (Å²) in [6.45, 7) is 1.88. The van der Waals surface area contributed by atoms with Crippen LogP contribution in [0, 0.1) is 6.92 Å². The van der Waals surface area contributed by atoms with E-state index in [9.17, 15) is 4.79 Å². The zero-order valence-corrected chi connectivity index (χ0v) is 11.5. The van der Waals surface area contributed by atoms with E-state index in [-0.39, 0.29) is 5.91 Å². The lowest BCUT2D eigenvalue weighted by atomic mass is 10.1. The maximum atomic E-state index is 12.3. The van der Waals surface area contributed by atoms with Gasteiger partial charge < -0.3 is 11.1 Å². The van der Waals surface area contributed by atoms with Gasteiger partial charge in [0.1, 0.15) is 11.5 Å². The van der Waals surface area contributed by atoms with Gasteiger partial charge >= 0.3 is 0 Å². The van der Waals surface area contributed by atoms with Gasteiger partial charge in [-0.15, -0.1) is 0 Å². The molecule has 21 heavy (non-hydrogen) atoms.